The number of unbranched alkanes of at least 4 members (excludes halogenated alkanes) is 1. The van der Waals surface area contributed by atoms with Crippen LogP contribution in [-0.2, 0) is 0 Å². The lowest BCUT2D eigenvalue weighted by molar-refractivity contribution is 0.288. The highest BCUT2D eigenvalue weighted by Gasteiger charge is 2.11. The third kappa shape index (κ3) is 5.60. The predicted octanol–water partition coefficient (Wildman–Crippen LogP) is 5.97. The minimum atomic E-state index is -0.244. The van der Waals surface area contributed by atoms with Crippen molar-refractivity contribution in [2.75, 3.05) is 13.7 Å². The molecule has 0 saturated carbocycles. The summed E-state index contributed by atoms with van der Waals surface area (Å²) in [7, 11) is 1.62. The highest BCUT2D eigenvalue weighted by atomic mass is 35.5. The summed E-state index contributed by atoms with van der Waals surface area (Å²) in [6, 6.07) is 16.8. The molecule has 188 valence electrons. The zero-order valence-electron chi connectivity index (χ0n) is 20.3. The number of nitrogens with zero attached hydrogens (tertiary/aromatic N) is 3. The fourth-order valence-electron chi connectivity index (χ4n) is 3.65. The monoisotopic (exact) mass is 533 g/mol. The van der Waals surface area contributed by atoms with E-state index in [9.17, 15) is 4.79 Å². The van der Waals surface area contributed by atoms with Crippen LogP contribution in [0.15, 0.2) is 63.8 Å². The molecule has 0 aliphatic rings. The molecule has 5 rings (SSSR count). The normalized spacial score (nSPS) is 12.1. The molecule has 0 aliphatic heterocycles. The Hall–Kier alpha value is -3.88. The smallest absolute Gasteiger partial charge is 0.291 e. The van der Waals surface area contributed by atoms with Crippen LogP contribution in [0, 0.1) is 0 Å². The van der Waals surface area contributed by atoms with E-state index in [1.807, 2.05) is 48.5 Å². The lowest BCUT2D eigenvalue weighted by atomic mass is 10.2. The second-order valence-corrected chi connectivity index (χ2v) is 9.68. The van der Waals surface area contributed by atoms with Gasteiger partial charge >= 0.3 is 0 Å². The van der Waals surface area contributed by atoms with Crippen LogP contribution < -0.4 is 19.6 Å². The van der Waals surface area contributed by atoms with Gasteiger partial charge in [-0.25, -0.2) is 0 Å². The van der Waals surface area contributed by atoms with Gasteiger partial charge in [0.05, 0.1) is 13.7 Å². The Bertz CT molecular complexity index is 1670. The van der Waals surface area contributed by atoms with Gasteiger partial charge in [0, 0.05) is 16.7 Å². The molecule has 3 aromatic heterocycles. The maximum Gasteiger partial charge on any atom is 0.291 e. The minimum Gasteiger partial charge on any atom is -0.493 e. The first-order chi connectivity index (χ1) is 18.0. The van der Waals surface area contributed by atoms with E-state index in [4.69, 9.17) is 25.5 Å². The van der Waals surface area contributed by atoms with E-state index in [2.05, 4.69) is 17.0 Å². The van der Waals surface area contributed by atoms with Crippen molar-refractivity contribution >= 4 is 46.1 Å². The molecule has 0 radical (unpaired) electrons. The van der Waals surface area contributed by atoms with Crippen LogP contribution in [0.1, 0.15) is 36.9 Å². The number of aromatic nitrogens is 3. The summed E-state index contributed by atoms with van der Waals surface area (Å²) in [4.78, 5) is 17.9. The van der Waals surface area contributed by atoms with Gasteiger partial charge in [-0.15, -0.1) is 5.10 Å². The molecule has 0 N–H and O–H groups in total. The summed E-state index contributed by atoms with van der Waals surface area (Å²) in [6.45, 7) is 2.77. The zero-order valence-corrected chi connectivity index (χ0v) is 21.9. The van der Waals surface area contributed by atoms with Crippen molar-refractivity contribution in [3.8, 4) is 22.8 Å². The maximum absolute atomic E-state index is 12.9. The number of benzene rings is 2. The van der Waals surface area contributed by atoms with E-state index in [0.717, 1.165) is 24.0 Å². The molecule has 0 aliphatic carbocycles. The maximum atomic E-state index is 12.9. The Balaban J connectivity index is 1.34. The first-order valence-corrected chi connectivity index (χ1v) is 13.0. The molecule has 0 bridgehead atoms. The fraction of sp³-hybridized carbons (Fsp3) is 0.179. The van der Waals surface area contributed by atoms with Crippen molar-refractivity contribution in [1.29, 1.82) is 0 Å². The molecule has 37 heavy (non-hydrogen) atoms. The van der Waals surface area contributed by atoms with Gasteiger partial charge in [-0.05, 0) is 66.6 Å². The number of hydrogen-bond acceptors (Lipinski definition) is 7. The lowest BCUT2D eigenvalue weighted by Crippen LogP contribution is -2.23. The van der Waals surface area contributed by atoms with Crippen LogP contribution in [0.25, 0.3) is 34.5 Å². The Morgan fingerprint density at radius 3 is 2.68 bits per heavy atom. The van der Waals surface area contributed by atoms with E-state index < -0.39 is 0 Å². The van der Waals surface area contributed by atoms with Crippen molar-refractivity contribution in [2.24, 2.45) is 0 Å². The molecule has 2 aromatic carbocycles. The van der Waals surface area contributed by atoms with Gasteiger partial charge in [0.25, 0.3) is 5.56 Å². The summed E-state index contributed by atoms with van der Waals surface area (Å²) in [5.41, 5.74) is 1.57. The van der Waals surface area contributed by atoms with Crippen LogP contribution in [0.3, 0.4) is 0 Å². The summed E-state index contributed by atoms with van der Waals surface area (Å²) < 4.78 is 18.9. The molecule has 0 spiro atoms. The largest absolute Gasteiger partial charge is 0.493 e. The van der Waals surface area contributed by atoms with Crippen molar-refractivity contribution in [3.05, 3.63) is 91.7 Å². The Kier molecular flexibility index (Phi) is 7.39. The van der Waals surface area contributed by atoms with Crippen molar-refractivity contribution < 1.29 is 13.9 Å². The SMILES string of the molecule is CCCCOc1ccc(/C=C/c2nc3s/c(=C\c4ccc(-c5ccc(Cl)cc5)o4)c(=O)n3n2)cc1OC. The Morgan fingerprint density at radius 1 is 1.08 bits per heavy atom. The standard InChI is InChI=1S/C28H24ClN3O4S/c1-3-4-15-35-23-12-5-18(16-24(23)34-2)6-14-26-30-28-32(31-26)27(33)25(37-28)17-21-11-13-22(36-21)19-7-9-20(29)10-8-19/h5-14,16-17H,3-4,15H2,1-2H3/b14-6+,25-17-. The van der Waals surface area contributed by atoms with Crippen LogP contribution in [0.2, 0.25) is 5.02 Å². The van der Waals surface area contributed by atoms with Gasteiger partial charge in [0.15, 0.2) is 17.3 Å². The van der Waals surface area contributed by atoms with Crippen LogP contribution in [0.5, 0.6) is 11.5 Å². The molecule has 7 nitrogen and oxygen atoms in total. The number of methoxy groups -OCH3 is 1. The first-order valence-electron chi connectivity index (χ1n) is 11.8. The zero-order chi connectivity index (χ0) is 25.8. The predicted molar refractivity (Wildman–Crippen MR) is 147 cm³/mol. The summed E-state index contributed by atoms with van der Waals surface area (Å²) in [5, 5.41) is 5.02. The molecule has 0 unspecified atom stereocenters. The third-order valence-corrected chi connectivity index (χ3v) is 6.81. The number of halogens is 1. The van der Waals surface area contributed by atoms with Crippen molar-refractivity contribution in [2.45, 2.75) is 19.8 Å². The average Bonchev–Trinajstić information content (AvgIpc) is 3.61. The summed E-state index contributed by atoms with van der Waals surface area (Å²) in [6.07, 6.45) is 7.39. The van der Waals surface area contributed by atoms with Gasteiger partial charge in [0.2, 0.25) is 4.96 Å². The quantitative estimate of drug-likeness (QED) is 0.217. The van der Waals surface area contributed by atoms with E-state index in [1.54, 1.807) is 31.4 Å². The number of thiazole rings is 1. The van der Waals surface area contributed by atoms with Crippen LogP contribution in [-0.4, -0.2) is 28.3 Å². The Morgan fingerprint density at radius 2 is 1.92 bits per heavy atom. The van der Waals surface area contributed by atoms with Gasteiger partial charge in [0.1, 0.15) is 16.1 Å². The van der Waals surface area contributed by atoms with Gasteiger partial charge in [-0.2, -0.15) is 9.50 Å². The molecule has 0 atom stereocenters. The molecule has 0 amide bonds. The van der Waals surface area contributed by atoms with Gasteiger partial charge < -0.3 is 13.9 Å². The minimum absolute atomic E-state index is 0.244. The van der Waals surface area contributed by atoms with E-state index in [0.29, 0.717) is 50.0 Å². The molecule has 5 aromatic rings. The molecule has 0 fully saturated rings. The average molecular weight is 534 g/mol. The van der Waals surface area contributed by atoms with Crippen molar-refractivity contribution in [3.63, 3.8) is 0 Å². The highest BCUT2D eigenvalue weighted by Crippen LogP contribution is 2.29. The summed E-state index contributed by atoms with van der Waals surface area (Å²) >= 11 is 7.22. The summed E-state index contributed by atoms with van der Waals surface area (Å²) in [5.74, 6) is 3.09. The first kappa shape index (κ1) is 24.8. The van der Waals surface area contributed by atoms with Gasteiger partial charge in [-0.1, -0.05) is 48.4 Å². The van der Waals surface area contributed by atoms with E-state index >= 15 is 0 Å². The second-order valence-electron chi connectivity index (χ2n) is 8.23. The molecule has 3 heterocycles. The molecular weight excluding hydrogens is 510 g/mol. The van der Waals surface area contributed by atoms with E-state index in [1.165, 1.54) is 15.9 Å². The molecule has 0 saturated heterocycles. The third-order valence-electron chi connectivity index (χ3n) is 5.60. The number of hydrogen-bond donors (Lipinski definition) is 0. The second kappa shape index (κ2) is 11.0. The molecular formula is C28H24ClN3O4S. The van der Waals surface area contributed by atoms with E-state index in [-0.39, 0.29) is 5.56 Å². The van der Waals surface area contributed by atoms with Crippen LogP contribution >= 0.6 is 22.9 Å². The number of ether oxygens (including phenoxy) is 2. The number of furan rings is 1. The topological polar surface area (TPSA) is 78.9 Å². The lowest BCUT2D eigenvalue weighted by Gasteiger charge is -2.10. The number of fused-ring (bicyclic) bond motifs is 1. The number of rotatable bonds is 9. The van der Waals surface area contributed by atoms with Crippen LogP contribution in [0.4, 0.5) is 0 Å². The van der Waals surface area contributed by atoms with Crippen molar-refractivity contribution in [1.82, 2.24) is 14.6 Å². The highest BCUT2D eigenvalue weighted by molar-refractivity contribution is 7.15. The van der Waals surface area contributed by atoms with Gasteiger partial charge in [-0.3, -0.25) is 4.79 Å². The molecule has 9 heteroatoms. The Labute approximate surface area is 222 Å². The fourth-order valence-corrected chi connectivity index (χ4v) is 4.67.